The first kappa shape index (κ1) is 18.3. The molecule has 0 aliphatic carbocycles. The number of ether oxygens (including phenoxy) is 2. The van der Waals surface area contributed by atoms with E-state index in [0.717, 1.165) is 4.68 Å². The number of methoxy groups -OCH3 is 1. The Kier molecular flexibility index (Phi) is 5.22. The fraction of sp³-hybridized carbons (Fsp3) is 0.600. The Bertz CT molecular complexity index is 640. The molecule has 24 heavy (non-hydrogen) atoms. The van der Waals surface area contributed by atoms with E-state index in [-0.39, 0.29) is 12.4 Å². The lowest BCUT2D eigenvalue weighted by Crippen LogP contribution is -2.44. The minimum Gasteiger partial charge on any atom is -0.492 e. The van der Waals surface area contributed by atoms with E-state index >= 15 is 0 Å². The Hall–Kier alpha value is -2.03. The first-order chi connectivity index (χ1) is 11.2. The zero-order chi connectivity index (χ0) is 18.1. The molecular weight excluding hydrogens is 327 g/mol. The van der Waals surface area contributed by atoms with Gasteiger partial charge in [-0.15, -0.1) is 0 Å². The molecule has 1 amide bonds. The van der Waals surface area contributed by atoms with Crippen molar-refractivity contribution in [3.8, 4) is 0 Å². The van der Waals surface area contributed by atoms with E-state index < -0.39 is 24.7 Å². The summed E-state index contributed by atoms with van der Waals surface area (Å²) < 4.78 is 49.3. The highest BCUT2D eigenvalue weighted by Crippen LogP contribution is 2.31. The number of aryl methyl sites for hydroxylation is 1. The molecule has 0 N–H and O–H groups in total. The van der Waals surface area contributed by atoms with Gasteiger partial charge in [0.1, 0.15) is 6.54 Å². The van der Waals surface area contributed by atoms with E-state index in [1.54, 1.807) is 13.8 Å². The van der Waals surface area contributed by atoms with Crippen LogP contribution in [0.4, 0.5) is 13.2 Å². The predicted octanol–water partition coefficient (Wildman–Crippen LogP) is 2.12. The normalized spacial score (nSPS) is 18.6. The van der Waals surface area contributed by atoms with Gasteiger partial charge in [-0.1, -0.05) is 6.58 Å². The minimum absolute atomic E-state index is 0.0279. The molecular formula is C15H20F3N3O3. The highest BCUT2D eigenvalue weighted by Gasteiger charge is 2.36. The number of morpholine rings is 1. The molecule has 9 heteroatoms. The molecule has 0 saturated carbocycles. The zero-order valence-electron chi connectivity index (χ0n) is 13.8. The summed E-state index contributed by atoms with van der Waals surface area (Å²) in [6.45, 7) is 6.38. The minimum atomic E-state index is -4.37. The Morgan fingerprint density at radius 3 is 2.71 bits per heavy atom. The lowest BCUT2D eigenvalue weighted by atomic mass is 10.0. The molecule has 1 unspecified atom stereocenters. The topological polar surface area (TPSA) is 56.6 Å². The number of hydrogen-bond donors (Lipinski definition) is 0. The van der Waals surface area contributed by atoms with Gasteiger partial charge in [-0.3, -0.25) is 9.48 Å². The van der Waals surface area contributed by atoms with Gasteiger partial charge in [0, 0.05) is 17.8 Å². The summed E-state index contributed by atoms with van der Waals surface area (Å²) in [4.78, 5) is 13.9. The lowest BCUT2D eigenvalue weighted by molar-refractivity contribution is -0.143. The molecule has 1 aromatic rings. The van der Waals surface area contributed by atoms with E-state index in [4.69, 9.17) is 9.47 Å². The fourth-order valence-electron chi connectivity index (χ4n) is 2.85. The second-order valence-corrected chi connectivity index (χ2v) is 5.57. The van der Waals surface area contributed by atoms with Crippen LogP contribution in [0.5, 0.6) is 0 Å². The molecule has 1 aliphatic heterocycles. The molecule has 134 valence electrons. The summed E-state index contributed by atoms with van der Waals surface area (Å²) in [5.41, 5.74) is 1.37. The smallest absolute Gasteiger partial charge is 0.408 e. The van der Waals surface area contributed by atoms with Crippen LogP contribution in [-0.2, 0) is 20.8 Å². The van der Waals surface area contributed by atoms with Crippen molar-refractivity contribution < 1.29 is 27.4 Å². The maximum absolute atomic E-state index is 12.7. The average Bonchev–Trinajstić information content (AvgIpc) is 2.78. The van der Waals surface area contributed by atoms with Crippen molar-refractivity contribution in [2.45, 2.75) is 32.6 Å². The second kappa shape index (κ2) is 6.84. The third kappa shape index (κ3) is 3.72. The molecule has 0 spiro atoms. The van der Waals surface area contributed by atoms with Crippen molar-refractivity contribution in [3.05, 3.63) is 29.3 Å². The van der Waals surface area contributed by atoms with Crippen LogP contribution in [0, 0.1) is 13.8 Å². The summed E-state index contributed by atoms with van der Waals surface area (Å²) >= 11 is 0. The number of carbonyl (C=O) groups is 1. The van der Waals surface area contributed by atoms with Gasteiger partial charge in [0.2, 0.25) is 0 Å². The molecule has 0 bridgehead atoms. The Morgan fingerprint density at radius 2 is 2.12 bits per heavy atom. The Labute approximate surface area is 137 Å². The maximum Gasteiger partial charge on any atom is 0.408 e. The average molecular weight is 347 g/mol. The van der Waals surface area contributed by atoms with Crippen LogP contribution in [-0.4, -0.2) is 53.6 Å². The predicted molar refractivity (Wildman–Crippen MR) is 79.2 cm³/mol. The van der Waals surface area contributed by atoms with Crippen molar-refractivity contribution in [1.29, 1.82) is 0 Å². The molecule has 1 atom stereocenters. The molecule has 6 nitrogen and oxygen atoms in total. The summed E-state index contributed by atoms with van der Waals surface area (Å²) in [5, 5.41) is 3.98. The number of nitrogens with zero attached hydrogens (tertiary/aromatic N) is 3. The van der Waals surface area contributed by atoms with Crippen molar-refractivity contribution in [2.24, 2.45) is 0 Å². The molecule has 0 aromatic carbocycles. The number of rotatable bonds is 4. The maximum atomic E-state index is 12.7. The molecule has 1 saturated heterocycles. The SMILES string of the molecule is C=C(OC)C(=O)N1CCOCC1c1c(C)nn(CC(F)(F)F)c1C. The van der Waals surface area contributed by atoms with Crippen molar-refractivity contribution in [1.82, 2.24) is 14.7 Å². The zero-order valence-corrected chi connectivity index (χ0v) is 13.8. The van der Waals surface area contributed by atoms with Gasteiger partial charge >= 0.3 is 6.18 Å². The summed E-state index contributed by atoms with van der Waals surface area (Å²) in [6, 6.07) is -0.528. The molecule has 1 fully saturated rings. The van der Waals surface area contributed by atoms with Gasteiger partial charge in [-0.2, -0.15) is 18.3 Å². The summed E-state index contributed by atoms with van der Waals surface area (Å²) in [5.74, 6) is -0.437. The van der Waals surface area contributed by atoms with Gasteiger partial charge in [-0.25, -0.2) is 0 Å². The van der Waals surface area contributed by atoms with Crippen LogP contribution in [0.15, 0.2) is 12.3 Å². The van der Waals surface area contributed by atoms with Crippen LogP contribution < -0.4 is 0 Å². The fourth-order valence-corrected chi connectivity index (χ4v) is 2.85. The van der Waals surface area contributed by atoms with Crippen LogP contribution in [0.25, 0.3) is 0 Å². The number of hydrogen-bond acceptors (Lipinski definition) is 4. The number of amides is 1. The van der Waals surface area contributed by atoms with Crippen molar-refractivity contribution >= 4 is 5.91 Å². The van der Waals surface area contributed by atoms with Crippen molar-refractivity contribution in [2.75, 3.05) is 26.9 Å². The van der Waals surface area contributed by atoms with Gasteiger partial charge in [-0.05, 0) is 13.8 Å². The first-order valence-corrected chi connectivity index (χ1v) is 7.38. The highest BCUT2D eigenvalue weighted by atomic mass is 19.4. The molecule has 1 aromatic heterocycles. The van der Waals surface area contributed by atoms with Gasteiger partial charge in [0.25, 0.3) is 5.91 Å². The van der Waals surface area contributed by atoms with Crippen molar-refractivity contribution in [3.63, 3.8) is 0 Å². The standard InChI is InChI=1S/C15H20F3N3O3/c1-9-13(10(2)21(19-9)8-15(16,17)18)12-7-24-6-5-20(12)14(22)11(3)23-4/h12H,3,5-8H2,1-2,4H3. The molecule has 0 radical (unpaired) electrons. The summed E-state index contributed by atoms with van der Waals surface area (Å²) in [7, 11) is 1.34. The molecule has 2 heterocycles. The highest BCUT2D eigenvalue weighted by molar-refractivity contribution is 5.91. The third-order valence-electron chi connectivity index (χ3n) is 3.97. The number of carbonyl (C=O) groups excluding carboxylic acids is 1. The van der Waals surface area contributed by atoms with E-state index in [9.17, 15) is 18.0 Å². The molecule has 1 aliphatic rings. The summed E-state index contributed by atoms with van der Waals surface area (Å²) in [6.07, 6.45) is -4.37. The van der Waals surface area contributed by atoms with Gasteiger partial charge in [0.05, 0.1) is 32.1 Å². The van der Waals surface area contributed by atoms with Gasteiger partial charge in [0.15, 0.2) is 5.76 Å². The number of alkyl halides is 3. The second-order valence-electron chi connectivity index (χ2n) is 5.57. The number of halogens is 3. The Balaban J connectivity index is 2.37. The van der Waals surface area contributed by atoms with Crippen LogP contribution in [0.2, 0.25) is 0 Å². The first-order valence-electron chi connectivity index (χ1n) is 7.38. The van der Waals surface area contributed by atoms with Crippen LogP contribution in [0.3, 0.4) is 0 Å². The van der Waals surface area contributed by atoms with Crippen LogP contribution in [0.1, 0.15) is 23.0 Å². The van der Waals surface area contributed by atoms with E-state index in [2.05, 4.69) is 11.7 Å². The van der Waals surface area contributed by atoms with Crippen LogP contribution >= 0.6 is 0 Å². The number of aromatic nitrogens is 2. The quantitative estimate of drug-likeness (QED) is 0.618. The lowest BCUT2D eigenvalue weighted by Gasteiger charge is -2.36. The Morgan fingerprint density at radius 1 is 1.46 bits per heavy atom. The van der Waals surface area contributed by atoms with Gasteiger partial charge < -0.3 is 14.4 Å². The van der Waals surface area contributed by atoms with E-state index in [0.29, 0.717) is 30.1 Å². The third-order valence-corrected chi connectivity index (χ3v) is 3.97. The monoisotopic (exact) mass is 347 g/mol. The largest absolute Gasteiger partial charge is 0.492 e. The molecule has 2 rings (SSSR count). The van der Waals surface area contributed by atoms with E-state index in [1.165, 1.54) is 12.0 Å². The van der Waals surface area contributed by atoms with E-state index in [1.807, 2.05) is 0 Å².